The normalized spacial score (nSPS) is 19.4. The first-order valence-electron chi connectivity index (χ1n) is 12.2. The van der Waals surface area contributed by atoms with Gasteiger partial charge in [0.2, 0.25) is 0 Å². The van der Waals surface area contributed by atoms with E-state index in [2.05, 4.69) is 28.0 Å². The van der Waals surface area contributed by atoms with Crippen molar-refractivity contribution < 1.29 is 59.7 Å². The molecule has 1 atom stereocenters. The van der Waals surface area contributed by atoms with Gasteiger partial charge in [0.1, 0.15) is 17.3 Å². The standard InChI is InChI=1S/C21H30N2O3.2C2HF3O2/c1-17-5-6-20(26-17)14-22-9-7-21(8-10-22)16-23(12-18(21)15-24-2)13-19-4-3-11-25-19;2*3-2(4,5)1(6)7/h3-6,11,18H,7-10,12-16H2,1-2H3;2*(H,6,7). The molecule has 40 heavy (non-hydrogen) atoms. The summed E-state index contributed by atoms with van der Waals surface area (Å²) in [6, 6.07) is 8.21. The molecule has 0 bridgehead atoms. The maximum absolute atomic E-state index is 10.6. The van der Waals surface area contributed by atoms with Crippen molar-refractivity contribution in [2.75, 3.05) is 39.9 Å². The number of methoxy groups -OCH3 is 1. The number of likely N-dealkylation sites (tertiary alicyclic amines) is 2. The number of alkyl halides is 6. The number of piperidine rings is 1. The molecule has 226 valence electrons. The third-order valence-electron chi connectivity index (χ3n) is 6.72. The molecule has 0 radical (unpaired) electrons. The summed E-state index contributed by atoms with van der Waals surface area (Å²) < 4.78 is 80.4. The zero-order chi connectivity index (χ0) is 30.1. The van der Waals surface area contributed by atoms with E-state index in [0.717, 1.165) is 63.2 Å². The maximum atomic E-state index is 10.6. The molecular weight excluding hydrogens is 554 g/mol. The highest BCUT2D eigenvalue weighted by molar-refractivity contribution is 5.73. The van der Waals surface area contributed by atoms with Crippen LogP contribution >= 0.6 is 0 Å². The van der Waals surface area contributed by atoms with E-state index in [4.69, 9.17) is 33.4 Å². The number of rotatable bonds is 6. The van der Waals surface area contributed by atoms with E-state index in [0.29, 0.717) is 11.3 Å². The number of ether oxygens (including phenoxy) is 1. The fourth-order valence-electron chi connectivity index (χ4n) is 4.83. The Hall–Kier alpha value is -3.04. The van der Waals surface area contributed by atoms with E-state index >= 15 is 0 Å². The summed E-state index contributed by atoms with van der Waals surface area (Å²) in [5, 5.41) is 14.2. The second-order valence-corrected chi connectivity index (χ2v) is 9.66. The highest BCUT2D eigenvalue weighted by Gasteiger charge is 2.48. The van der Waals surface area contributed by atoms with Crippen molar-refractivity contribution in [3.63, 3.8) is 0 Å². The molecule has 0 saturated carbocycles. The van der Waals surface area contributed by atoms with Gasteiger partial charge in [0.05, 0.1) is 26.0 Å². The molecule has 2 N–H and O–H groups in total. The van der Waals surface area contributed by atoms with Crippen LogP contribution in [0.4, 0.5) is 26.3 Å². The Kier molecular flexibility index (Phi) is 11.6. The monoisotopic (exact) mass is 586 g/mol. The van der Waals surface area contributed by atoms with Crippen LogP contribution in [0.5, 0.6) is 0 Å². The lowest BCUT2D eigenvalue weighted by molar-refractivity contribution is -0.193. The Morgan fingerprint density at radius 1 is 0.975 bits per heavy atom. The molecule has 4 heterocycles. The van der Waals surface area contributed by atoms with Crippen molar-refractivity contribution >= 4 is 11.9 Å². The lowest BCUT2D eigenvalue weighted by Gasteiger charge is -2.42. The molecule has 2 aliphatic heterocycles. The van der Waals surface area contributed by atoms with Gasteiger partial charge in [-0.2, -0.15) is 26.3 Å². The second-order valence-electron chi connectivity index (χ2n) is 9.66. The molecule has 1 unspecified atom stereocenters. The van der Waals surface area contributed by atoms with Crippen molar-refractivity contribution in [1.29, 1.82) is 0 Å². The van der Waals surface area contributed by atoms with Gasteiger partial charge >= 0.3 is 24.3 Å². The molecule has 0 aliphatic carbocycles. The van der Waals surface area contributed by atoms with Crippen LogP contribution in [0, 0.1) is 18.3 Å². The van der Waals surface area contributed by atoms with E-state index in [1.807, 2.05) is 20.1 Å². The van der Waals surface area contributed by atoms with Gasteiger partial charge in [0.25, 0.3) is 0 Å². The SMILES string of the molecule is COCC1CN(Cc2ccco2)CC12CCN(Cc1ccc(C)o1)CC2.O=C(O)C(F)(F)F.O=C(O)C(F)(F)F. The molecule has 9 nitrogen and oxygen atoms in total. The van der Waals surface area contributed by atoms with Crippen LogP contribution in [-0.2, 0) is 27.4 Å². The topological polar surface area (TPSA) is 117 Å². The number of hydrogen-bond acceptors (Lipinski definition) is 7. The molecule has 15 heteroatoms. The van der Waals surface area contributed by atoms with Gasteiger partial charge in [0, 0.05) is 26.1 Å². The van der Waals surface area contributed by atoms with E-state index in [-0.39, 0.29) is 0 Å². The number of aryl methyl sites for hydroxylation is 1. The van der Waals surface area contributed by atoms with Gasteiger partial charge in [-0.15, -0.1) is 0 Å². The van der Waals surface area contributed by atoms with Gasteiger partial charge in [-0.3, -0.25) is 9.80 Å². The first-order chi connectivity index (χ1) is 18.6. The molecule has 1 spiro atoms. The molecule has 0 amide bonds. The summed E-state index contributed by atoms with van der Waals surface area (Å²) in [6.45, 7) is 9.21. The van der Waals surface area contributed by atoms with E-state index < -0.39 is 24.3 Å². The third-order valence-corrected chi connectivity index (χ3v) is 6.72. The molecule has 2 saturated heterocycles. The number of hydrogen-bond donors (Lipinski definition) is 2. The van der Waals surface area contributed by atoms with Gasteiger partial charge in [-0.25, -0.2) is 9.59 Å². The Bertz CT molecular complexity index is 1040. The lowest BCUT2D eigenvalue weighted by atomic mass is 9.71. The van der Waals surface area contributed by atoms with Crippen LogP contribution in [0.1, 0.15) is 30.1 Å². The van der Waals surface area contributed by atoms with Gasteiger partial charge in [-0.05, 0) is 62.5 Å². The van der Waals surface area contributed by atoms with Gasteiger partial charge in [-0.1, -0.05) is 0 Å². The van der Waals surface area contributed by atoms with Crippen LogP contribution in [0.3, 0.4) is 0 Å². The van der Waals surface area contributed by atoms with Gasteiger partial charge < -0.3 is 23.8 Å². The minimum Gasteiger partial charge on any atom is -0.475 e. The predicted octanol–water partition coefficient (Wildman–Crippen LogP) is 4.81. The number of carbonyl (C=O) groups is 2. The Labute approximate surface area is 226 Å². The van der Waals surface area contributed by atoms with Crippen molar-refractivity contribution in [3.05, 3.63) is 47.8 Å². The van der Waals surface area contributed by atoms with Crippen molar-refractivity contribution in [2.24, 2.45) is 11.3 Å². The number of halogens is 6. The third kappa shape index (κ3) is 10.2. The number of aliphatic carboxylic acids is 2. The van der Waals surface area contributed by atoms with E-state index in [1.54, 1.807) is 6.26 Å². The van der Waals surface area contributed by atoms with E-state index in [1.165, 1.54) is 12.8 Å². The quantitative estimate of drug-likeness (QED) is 0.460. The minimum absolute atomic E-state index is 0.373. The molecular formula is C25H32F6N2O7. The fourth-order valence-corrected chi connectivity index (χ4v) is 4.83. The first-order valence-corrected chi connectivity index (χ1v) is 12.2. The lowest BCUT2D eigenvalue weighted by Crippen LogP contribution is -2.44. The summed E-state index contributed by atoms with van der Waals surface area (Å²) in [7, 11) is 1.83. The van der Waals surface area contributed by atoms with Crippen LogP contribution < -0.4 is 0 Å². The Morgan fingerprint density at radius 3 is 1.95 bits per heavy atom. The number of furan rings is 2. The summed E-state index contributed by atoms with van der Waals surface area (Å²) in [4.78, 5) is 22.9. The van der Waals surface area contributed by atoms with Crippen LogP contribution in [0.25, 0.3) is 0 Å². The van der Waals surface area contributed by atoms with Crippen LogP contribution in [0.15, 0.2) is 39.4 Å². The summed E-state index contributed by atoms with van der Waals surface area (Å²) in [6.07, 6.45) is -5.94. The highest BCUT2D eigenvalue weighted by Crippen LogP contribution is 2.45. The smallest absolute Gasteiger partial charge is 0.475 e. The second kappa shape index (κ2) is 14.0. The minimum atomic E-state index is -5.08. The first kappa shape index (κ1) is 33.2. The maximum Gasteiger partial charge on any atom is 0.490 e. The fraction of sp³-hybridized carbons (Fsp3) is 0.600. The molecule has 2 aromatic rings. The molecule has 4 rings (SSSR count). The van der Waals surface area contributed by atoms with Crippen LogP contribution in [-0.4, -0.2) is 84.2 Å². The highest BCUT2D eigenvalue weighted by atomic mass is 19.4. The number of carboxylic acids is 2. The summed E-state index contributed by atoms with van der Waals surface area (Å²) in [5.74, 6) is -1.77. The molecule has 2 aromatic heterocycles. The van der Waals surface area contributed by atoms with Crippen molar-refractivity contribution in [2.45, 2.75) is 45.2 Å². The van der Waals surface area contributed by atoms with Crippen molar-refractivity contribution in [1.82, 2.24) is 9.80 Å². The predicted molar refractivity (Wildman–Crippen MR) is 127 cm³/mol. The zero-order valence-electron chi connectivity index (χ0n) is 21.9. The molecule has 2 fully saturated rings. The number of carboxylic acid groups (broad SMARTS) is 2. The molecule has 0 aromatic carbocycles. The zero-order valence-corrected chi connectivity index (χ0v) is 21.9. The summed E-state index contributed by atoms with van der Waals surface area (Å²) in [5.41, 5.74) is 0.373. The van der Waals surface area contributed by atoms with E-state index in [9.17, 15) is 26.3 Å². The largest absolute Gasteiger partial charge is 0.490 e. The van der Waals surface area contributed by atoms with Crippen LogP contribution in [0.2, 0.25) is 0 Å². The van der Waals surface area contributed by atoms with Gasteiger partial charge in [0.15, 0.2) is 0 Å². The Morgan fingerprint density at radius 2 is 1.52 bits per heavy atom. The Balaban J connectivity index is 0.000000333. The summed E-state index contributed by atoms with van der Waals surface area (Å²) >= 11 is 0. The number of nitrogens with zero attached hydrogens (tertiary/aromatic N) is 2. The van der Waals surface area contributed by atoms with Crippen molar-refractivity contribution in [3.8, 4) is 0 Å². The average Bonchev–Trinajstić information content (AvgIpc) is 3.58. The average molecular weight is 587 g/mol. The molecule has 2 aliphatic rings.